The van der Waals surface area contributed by atoms with Crippen LogP contribution in [0.3, 0.4) is 0 Å². The molecule has 0 amide bonds. The Balaban J connectivity index is 2.07. The molecule has 1 fully saturated rings. The normalized spacial score (nSPS) is 25.4. The first-order valence-electron chi connectivity index (χ1n) is 7.75. The van der Waals surface area contributed by atoms with E-state index in [0.717, 1.165) is 5.57 Å². The second kappa shape index (κ2) is 6.14. The number of hydrogen-bond acceptors (Lipinski definition) is 6. The maximum atomic E-state index is 12.1. The van der Waals surface area contributed by atoms with Crippen LogP contribution in [-0.2, 0) is 15.1 Å². The number of ether oxygens (including phenoxy) is 3. The molecule has 0 aromatic heterocycles. The molecule has 1 saturated carbocycles. The SMILES string of the molecule is C=C1CC[C@H](CC(=O)OC)[C@](c2ccc3c(c2)OCO3)([N+](=O)[O-])C1. The van der Waals surface area contributed by atoms with Crippen LogP contribution >= 0.6 is 0 Å². The first kappa shape index (κ1) is 16.3. The van der Waals surface area contributed by atoms with Crippen LogP contribution < -0.4 is 9.47 Å². The molecule has 2 atom stereocenters. The number of hydrogen-bond donors (Lipinski definition) is 0. The predicted octanol–water partition coefficient (Wildman–Crippen LogP) is 2.81. The fraction of sp³-hybridized carbons (Fsp3) is 0.471. The van der Waals surface area contributed by atoms with Crippen molar-refractivity contribution in [3.05, 3.63) is 46.0 Å². The first-order valence-corrected chi connectivity index (χ1v) is 7.75. The summed E-state index contributed by atoms with van der Waals surface area (Å²) in [4.78, 5) is 23.6. The van der Waals surface area contributed by atoms with Gasteiger partial charge >= 0.3 is 5.97 Å². The minimum Gasteiger partial charge on any atom is -0.469 e. The first-order chi connectivity index (χ1) is 11.5. The van der Waals surface area contributed by atoms with E-state index in [1.165, 1.54) is 7.11 Å². The Morgan fingerprint density at radius 1 is 1.46 bits per heavy atom. The standard InChI is InChI=1S/C17H19NO6/c1-11-3-4-13(8-16(19)22-2)17(9-11,18(20)21)12-5-6-14-15(7-12)24-10-23-14/h5-7,13H,1,3-4,8-10H2,2H3/t13-,17+/m1/s1. The number of fused-ring (bicyclic) bond motifs is 1. The van der Waals surface area contributed by atoms with Crippen LogP contribution in [0.1, 0.15) is 31.2 Å². The molecule has 0 spiro atoms. The Bertz CT molecular complexity index is 700. The zero-order chi connectivity index (χ0) is 17.3. The third kappa shape index (κ3) is 2.60. The summed E-state index contributed by atoms with van der Waals surface area (Å²) in [6.07, 6.45) is 1.38. The van der Waals surface area contributed by atoms with Crippen molar-refractivity contribution in [2.45, 2.75) is 31.2 Å². The van der Waals surface area contributed by atoms with Gasteiger partial charge < -0.3 is 14.2 Å². The molecule has 0 radical (unpaired) electrons. The zero-order valence-corrected chi connectivity index (χ0v) is 13.4. The van der Waals surface area contributed by atoms with Crippen molar-refractivity contribution < 1.29 is 23.9 Å². The number of methoxy groups -OCH3 is 1. The minimum atomic E-state index is -1.41. The van der Waals surface area contributed by atoms with Crippen molar-refractivity contribution in [3.63, 3.8) is 0 Å². The number of nitro groups is 1. The number of esters is 1. The Morgan fingerprint density at radius 3 is 2.92 bits per heavy atom. The molecule has 0 bridgehead atoms. The summed E-state index contributed by atoms with van der Waals surface area (Å²) >= 11 is 0. The van der Waals surface area contributed by atoms with Gasteiger partial charge in [-0.2, -0.15) is 0 Å². The topological polar surface area (TPSA) is 87.9 Å². The maximum absolute atomic E-state index is 12.1. The van der Waals surface area contributed by atoms with Gasteiger partial charge in [-0.15, -0.1) is 0 Å². The van der Waals surface area contributed by atoms with E-state index in [9.17, 15) is 14.9 Å². The summed E-state index contributed by atoms with van der Waals surface area (Å²) in [5.74, 6) is 0.142. The Kier molecular flexibility index (Phi) is 4.17. The average Bonchev–Trinajstić information content (AvgIpc) is 3.03. The number of carbonyl (C=O) groups excluding carboxylic acids is 1. The van der Waals surface area contributed by atoms with E-state index in [1.54, 1.807) is 18.2 Å². The summed E-state index contributed by atoms with van der Waals surface area (Å²) in [7, 11) is 1.29. The average molecular weight is 333 g/mol. The summed E-state index contributed by atoms with van der Waals surface area (Å²) in [5.41, 5.74) is -0.0955. The van der Waals surface area contributed by atoms with Crippen LogP contribution in [0.25, 0.3) is 0 Å². The zero-order valence-electron chi connectivity index (χ0n) is 13.4. The summed E-state index contributed by atoms with van der Waals surface area (Å²) in [6.45, 7) is 4.05. The van der Waals surface area contributed by atoms with E-state index in [4.69, 9.17) is 14.2 Å². The second-order valence-electron chi connectivity index (χ2n) is 6.19. The third-order valence-corrected chi connectivity index (χ3v) is 4.88. The van der Waals surface area contributed by atoms with E-state index in [1.807, 2.05) is 0 Å². The van der Waals surface area contributed by atoms with E-state index in [-0.39, 0.29) is 24.6 Å². The molecule has 0 unspecified atom stereocenters. The predicted molar refractivity (Wildman–Crippen MR) is 84.4 cm³/mol. The van der Waals surface area contributed by atoms with Crippen LogP contribution in [0.4, 0.5) is 0 Å². The lowest BCUT2D eigenvalue weighted by Crippen LogP contribution is -2.46. The van der Waals surface area contributed by atoms with E-state index in [0.29, 0.717) is 29.9 Å². The van der Waals surface area contributed by atoms with Gasteiger partial charge in [0.05, 0.1) is 13.5 Å². The quantitative estimate of drug-likeness (QED) is 0.364. The van der Waals surface area contributed by atoms with Crippen molar-refractivity contribution in [3.8, 4) is 11.5 Å². The van der Waals surface area contributed by atoms with Crippen molar-refractivity contribution in [2.75, 3.05) is 13.9 Å². The highest BCUT2D eigenvalue weighted by Crippen LogP contribution is 2.49. The minimum absolute atomic E-state index is 0.000792. The van der Waals surface area contributed by atoms with Crippen LogP contribution in [0.2, 0.25) is 0 Å². The van der Waals surface area contributed by atoms with Gasteiger partial charge in [0, 0.05) is 22.8 Å². The van der Waals surface area contributed by atoms with Gasteiger partial charge in [0.15, 0.2) is 11.5 Å². The van der Waals surface area contributed by atoms with Gasteiger partial charge in [0.2, 0.25) is 6.79 Å². The summed E-state index contributed by atoms with van der Waals surface area (Å²) < 4.78 is 15.4. The van der Waals surface area contributed by atoms with Gasteiger partial charge in [-0.25, -0.2) is 0 Å². The molecule has 7 nitrogen and oxygen atoms in total. The van der Waals surface area contributed by atoms with Crippen LogP contribution in [0.15, 0.2) is 30.4 Å². The molecule has 3 rings (SSSR count). The monoisotopic (exact) mass is 333 g/mol. The number of nitrogens with zero attached hydrogens (tertiary/aromatic N) is 1. The highest BCUT2D eigenvalue weighted by molar-refractivity contribution is 5.69. The number of carbonyl (C=O) groups is 1. The fourth-order valence-electron chi connectivity index (χ4n) is 3.61. The molecule has 0 saturated heterocycles. The molecule has 2 aliphatic rings. The lowest BCUT2D eigenvalue weighted by Gasteiger charge is -2.37. The molecule has 1 aliphatic heterocycles. The molecule has 1 heterocycles. The van der Waals surface area contributed by atoms with Crippen LogP contribution in [-0.4, -0.2) is 24.8 Å². The lowest BCUT2D eigenvalue weighted by molar-refractivity contribution is -0.593. The van der Waals surface area contributed by atoms with Crippen LogP contribution in [0.5, 0.6) is 11.5 Å². The van der Waals surface area contributed by atoms with Gasteiger partial charge in [0.1, 0.15) is 0 Å². The third-order valence-electron chi connectivity index (χ3n) is 4.88. The molecule has 24 heavy (non-hydrogen) atoms. The van der Waals surface area contributed by atoms with Crippen molar-refractivity contribution in [1.29, 1.82) is 0 Å². The molecular weight excluding hydrogens is 314 g/mol. The molecule has 0 N–H and O–H groups in total. The molecule has 1 aliphatic carbocycles. The van der Waals surface area contributed by atoms with E-state index >= 15 is 0 Å². The number of rotatable bonds is 4. The van der Waals surface area contributed by atoms with Gasteiger partial charge in [-0.1, -0.05) is 12.2 Å². The van der Waals surface area contributed by atoms with Gasteiger partial charge in [0.25, 0.3) is 5.54 Å². The lowest BCUT2D eigenvalue weighted by atomic mass is 9.66. The highest BCUT2D eigenvalue weighted by atomic mass is 16.7. The molecule has 128 valence electrons. The van der Waals surface area contributed by atoms with E-state index in [2.05, 4.69) is 6.58 Å². The van der Waals surface area contributed by atoms with Crippen LogP contribution in [0, 0.1) is 16.0 Å². The largest absolute Gasteiger partial charge is 0.469 e. The molecule has 1 aromatic carbocycles. The summed E-state index contributed by atoms with van der Waals surface area (Å²) in [5, 5.41) is 12.1. The second-order valence-corrected chi connectivity index (χ2v) is 6.19. The van der Waals surface area contributed by atoms with Crippen molar-refractivity contribution >= 4 is 5.97 Å². The van der Waals surface area contributed by atoms with Gasteiger partial charge in [-0.05, 0) is 31.0 Å². The maximum Gasteiger partial charge on any atom is 0.306 e. The molecule has 1 aromatic rings. The highest BCUT2D eigenvalue weighted by Gasteiger charge is 2.55. The smallest absolute Gasteiger partial charge is 0.306 e. The Morgan fingerprint density at radius 2 is 2.21 bits per heavy atom. The van der Waals surface area contributed by atoms with E-state index < -0.39 is 17.4 Å². The molecule has 7 heteroatoms. The number of benzene rings is 1. The van der Waals surface area contributed by atoms with Gasteiger partial charge in [-0.3, -0.25) is 14.9 Å². The van der Waals surface area contributed by atoms with Crippen molar-refractivity contribution in [2.24, 2.45) is 5.92 Å². The summed E-state index contributed by atoms with van der Waals surface area (Å²) in [6, 6.07) is 5.00. The van der Waals surface area contributed by atoms with Crippen molar-refractivity contribution in [1.82, 2.24) is 0 Å². The molecular formula is C17H19NO6. The Labute approximate surface area is 139 Å². The Hall–Kier alpha value is -2.57. The fourth-order valence-corrected chi connectivity index (χ4v) is 3.61.